The fourth-order valence-electron chi connectivity index (χ4n) is 1.55. The van der Waals surface area contributed by atoms with Gasteiger partial charge in [0.15, 0.2) is 0 Å². The second kappa shape index (κ2) is 5.82. The number of nitrogens with zero attached hydrogens (tertiary/aromatic N) is 3. The van der Waals surface area contributed by atoms with Crippen LogP contribution in [0, 0.1) is 6.92 Å². The van der Waals surface area contributed by atoms with E-state index in [1.165, 1.54) is 0 Å². The van der Waals surface area contributed by atoms with Crippen molar-refractivity contribution >= 4 is 5.91 Å². The molecule has 0 saturated heterocycles. The molecule has 1 rings (SSSR count). The van der Waals surface area contributed by atoms with Crippen molar-refractivity contribution in [2.75, 3.05) is 13.6 Å². The first kappa shape index (κ1) is 13.7. The van der Waals surface area contributed by atoms with Gasteiger partial charge in [0.25, 0.3) is 0 Å². The number of likely N-dealkylation sites (N-methyl/N-ethyl adjacent to an activating group) is 1. The molecular formula is C12H22N4O. The Labute approximate surface area is 103 Å². The first-order chi connectivity index (χ1) is 7.97. The third-order valence-corrected chi connectivity index (χ3v) is 3.16. The average Bonchev–Trinajstić information content (AvgIpc) is 2.65. The second-order valence-electron chi connectivity index (χ2n) is 4.33. The van der Waals surface area contributed by atoms with Crippen LogP contribution in [0.3, 0.4) is 0 Å². The van der Waals surface area contributed by atoms with Crippen molar-refractivity contribution in [3.8, 4) is 0 Å². The van der Waals surface area contributed by atoms with E-state index in [1.54, 1.807) is 4.90 Å². The van der Waals surface area contributed by atoms with Crippen LogP contribution in [0.5, 0.6) is 0 Å². The number of aryl methyl sites for hydroxylation is 1. The van der Waals surface area contributed by atoms with Gasteiger partial charge in [-0.3, -0.25) is 9.48 Å². The molecule has 0 radical (unpaired) electrons. The lowest BCUT2D eigenvalue weighted by Crippen LogP contribution is -2.42. The van der Waals surface area contributed by atoms with Crippen LogP contribution >= 0.6 is 0 Å². The van der Waals surface area contributed by atoms with Gasteiger partial charge >= 0.3 is 0 Å². The van der Waals surface area contributed by atoms with E-state index in [2.05, 4.69) is 10.4 Å². The highest BCUT2D eigenvalue weighted by Gasteiger charge is 2.16. The zero-order chi connectivity index (χ0) is 13.0. The highest BCUT2D eigenvalue weighted by atomic mass is 16.2. The van der Waals surface area contributed by atoms with Gasteiger partial charge in [-0.2, -0.15) is 5.10 Å². The number of aromatic nitrogens is 2. The summed E-state index contributed by atoms with van der Waals surface area (Å²) in [5.74, 6) is 0.119. The lowest BCUT2D eigenvalue weighted by molar-refractivity contribution is -0.131. The number of rotatable bonds is 5. The normalized spacial score (nSPS) is 12.5. The monoisotopic (exact) mass is 238 g/mol. The zero-order valence-corrected chi connectivity index (χ0v) is 11.3. The Balaban J connectivity index is 2.51. The maximum Gasteiger partial charge on any atom is 0.239 e. The molecule has 17 heavy (non-hydrogen) atoms. The maximum atomic E-state index is 11.8. The summed E-state index contributed by atoms with van der Waals surface area (Å²) in [6.07, 6.45) is 1.84. The lowest BCUT2D eigenvalue weighted by Gasteiger charge is -2.20. The van der Waals surface area contributed by atoms with Gasteiger partial charge in [0.05, 0.1) is 12.2 Å². The van der Waals surface area contributed by atoms with Crippen LogP contribution in [0.4, 0.5) is 0 Å². The fraction of sp³-hybridized carbons (Fsp3) is 0.667. The molecule has 0 fully saturated rings. The van der Waals surface area contributed by atoms with Crippen LogP contribution in [0.1, 0.15) is 25.1 Å². The van der Waals surface area contributed by atoms with Gasteiger partial charge in [-0.05, 0) is 20.8 Å². The SMILES string of the molecule is CCN(C)C(=O)C(C)NCc1cnn(C)c1C. The van der Waals surface area contributed by atoms with E-state index >= 15 is 0 Å². The van der Waals surface area contributed by atoms with Crippen molar-refractivity contribution in [2.45, 2.75) is 33.4 Å². The molecule has 0 aliphatic heterocycles. The number of carbonyl (C=O) groups excluding carboxylic acids is 1. The Morgan fingerprint density at radius 3 is 2.76 bits per heavy atom. The van der Waals surface area contributed by atoms with Crippen LogP contribution in [-0.4, -0.2) is 40.2 Å². The van der Waals surface area contributed by atoms with Crippen LogP contribution in [-0.2, 0) is 18.4 Å². The summed E-state index contributed by atoms with van der Waals surface area (Å²) in [6.45, 7) is 7.28. The van der Waals surface area contributed by atoms with Gasteiger partial charge < -0.3 is 10.2 Å². The Hall–Kier alpha value is -1.36. The molecule has 1 amide bonds. The summed E-state index contributed by atoms with van der Waals surface area (Å²) in [4.78, 5) is 13.5. The summed E-state index contributed by atoms with van der Waals surface area (Å²) in [5.41, 5.74) is 2.26. The number of nitrogens with one attached hydrogen (secondary N) is 1. The molecule has 0 aromatic carbocycles. The molecule has 96 valence electrons. The standard InChI is InChI=1S/C12H22N4O/c1-6-15(4)12(17)9(2)13-7-11-8-14-16(5)10(11)3/h8-9,13H,6-7H2,1-5H3. The smallest absolute Gasteiger partial charge is 0.239 e. The van der Waals surface area contributed by atoms with Crippen molar-refractivity contribution in [3.05, 3.63) is 17.5 Å². The molecule has 0 spiro atoms. The van der Waals surface area contributed by atoms with Gasteiger partial charge in [-0.15, -0.1) is 0 Å². The largest absolute Gasteiger partial charge is 0.345 e. The topological polar surface area (TPSA) is 50.2 Å². The third kappa shape index (κ3) is 3.30. The molecule has 0 bridgehead atoms. The van der Waals surface area contributed by atoms with E-state index < -0.39 is 0 Å². The Morgan fingerprint density at radius 1 is 1.65 bits per heavy atom. The summed E-state index contributed by atoms with van der Waals surface area (Å²) in [5, 5.41) is 7.40. The van der Waals surface area contributed by atoms with Crippen LogP contribution in [0.25, 0.3) is 0 Å². The number of carbonyl (C=O) groups is 1. The molecule has 1 atom stereocenters. The zero-order valence-electron chi connectivity index (χ0n) is 11.3. The molecule has 5 heteroatoms. The second-order valence-corrected chi connectivity index (χ2v) is 4.33. The number of hydrogen-bond donors (Lipinski definition) is 1. The minimum atomic E-state index is -0.167. The van der Waals surface area contributed by atoms with E-state index in [0.717, 1.165) is 17.8 Å². The molecule has 0 saturated carbocycles. The van der Waals surface area contributed by atoms with Crippen LogP contribution in [0.15, 0.2) is 6.20 Å². The lowest BCUT2D eigenvalue weighted by atomic mass is 10.2. The third-order valence-electron chi connectivity index (χ3n) is 3.16. The number of amides is 1. The number of hydrogen-bond acceptors (Lipinski definition) is 3. The molecule has 1 aromatic heterocycles. The molecular weight excluding hydrogens is 216 g/mol. The first-order valence-corrected chi connectivity index (χ1v) is 5.93. The highest BCUT2D eigenvalue weighted by molar-refractivity contribution is 5.81. The highest BCUT2D eigenvalue weighted by Crippen LogP contribution is 2.05. The van der Waals surface area contributed by atoms with Crippen LogP contribution in [0.2, 0.25) is 0 Å². The maximum absolute atomic E-state index is 11.8. The van der Waals surface area contributed by atoms with Crippen LogP contribution < -0.4 is 5.32 Å². The Morgan fingerprint density at radius 2 is 2.29 bits per heavy atom. The summed E-state index contributed by atoms with van der Waals surface area (Å²) in [7, 11) is 3.73. The van der Waals surface area contributed by atoms with E-state index in [4.69, 9.17) is 0 Å². The fourth-order valence-corrected chi connectivity index (χ4v) is 1.55. The Bertz CT molecular complexity index is 386. The first-order valence-electron chi connectivity index (χ1n) is 5.93. The molecule has 1 heterocycles. The van der Waals surface area contributed by atoms with Gasteiger partial charge in [0, 0.05) is 38.4 Å². The molecule has 1 aromatic rings. The van der Waals surface area contributed by atoms with Gasteiger partial charge in [0.1, 0.15) is 0 Å². The minimum Gasteiger partial charge on any atom is -0.345 e. The average molecular weight is 238 g/mol. The van der Waals surface area contributed by atoms with Crippen molar-refractivity contribution in [3.63, 3.8) is 0 Å². The molecule has 1 unspecified atom stereocenters. The predicted octanol–water partition coefficient (Wildman–Crippen LogP) is 0.685. The van der Waals surface area contributed by atoms with E-state index in [0.29, 0.717) is 6.54 Å². The molecule has 0 aliphatic rings. The summed E-state index contributed by atoms with van der Waals surface area (Å²) >= 11 is 0. The van der Waals surface area contributed by atoms with E-state index in [9.17, 15) is 4.79 Å². The van der Waals surface area contributed by atoms with Crippen molar-refractivity contribution < 1.29 is 4.79 Å². The summed E-state index contributed by atoms with van der Waals surface area (Å²) < 4.78 is 1.83. The van der Waals surface area contributed by atoms with Gasteiger partial charge in [-0.1, -0.05) is 0 Å². The van der Waals surface area contributed by atoms with Crippen molar-refractivity contribution in [1.29, 1.82) is 0 Å². The molecule has 1 N–H and O–H groups in total. The predicted molar refractivity (Wildman–Crippen MR) is 67.6 cm³/mol. The molecule has 5 nitrogen and oxygen atoms in total. The Kier molecular flexibility index (Phi) is 4.69. The minimum absolute atomic E-state index is 0.119. The van der Waals surface area contributed by atoms with Gasteiger partial charge in [-0.25, -0.2) is 0 Å². The van der Waals surface area contributed by atoms with E-state index in [-0.39, 0.29) is 11.9 Å². The van der Waals surface area contributed by atoms with Crippen molar-refractivity contribution in [1.82, 2.24) is 20.0 Å². The summed E-state index contributed by atoms with van der Waals surface area (Å²) in [6, 6.07) is -0.167. The van der Waals surface area contributed by atoms with Gasteiger partial charge in [0.2, 0.25) is 5.91 Å². The molecule has 0 aliphatic carbocycles. The van der Waals surface area contributed by atoms with Crippen molar-refractivity contribution in [2.24, 2.45) is 7.05 Å². The van der Waals surface area contributed by atoms with E-state index in [1.807, 2.05) is 45.7 Å². The quantitative estimate of drug-likeness (QED) is 0.821.